The zero-order valence-corrected chi connectivity index (χ0v) is 26.3. The third-order valence-corrected chi connectivity index (χ3v) is 9.40. The van der Waals surface area contributed by atoms with Crippen LogP contribution >= 0.6 is 0 Å². The molecule has 0 aliphatic heterocycles. The van der Waals surface area contributed by atoms with Crippen molar-refractivity contribution in [2.45, 2.75) is 26.9 Å². The standard InChI is InChI=1S/C44H30N2O/c1-3-45-39-23-7-5-17-33(39)35-19-9-13-29(41(35)45)25-27-31-15-11-21-37-38-22-12-16-32(44(38)47-43(31)37)28-26-30-14-10-20-36-34-18-6-8-24-40(34)46(4-2)42(30)36/h5-24H,3-4H2,1-2H3. The van der Waals surface area contributed by atoms with Gasteiger partial charge in [0.25, 0.3) is 0 Å². The van der Waals surface area contributed by atoms with Crippen LogP contribution < -0.4 is 0 Å². The first kappa shape index (κ1) is 27.2. The molecule has 0 N–H and O–H groups in total. The number of fused-ring (bicyclic) bond motifs is 9. The van der Waals surface area contributed by atoms with Crippen LogP contribution in [-0.2, 0) is 13.1 Å². The molecular weight excluding hydrogens is 572 g/mol. The van der Waals surface area contributed by atoms with E-state index in [9.17, 15) is 0 Å². The summed E-state index contributed by atoms with van der Waals surface area (Å²) in [6, 6.07) is 42.4. The van der Waals surface area contributed by atoms with Gasteiger partial charge in [0.2, 0.25) is 0 Å². The fourth-order valence-electron chi connectivity index (χ4n) is 7.36. The highest BCUT2D eigenvalue weighted by Gasteiger charge is 2.15. The van der Waals surface area contributed by atoms with Crippen LogP contribution in [0.5, 0.6) is 0 Å². The minimum absolute atomic E-state index is 0.792. The van der Waals surface area contributed by atoms with Crippen molar-refractivity contribution in [2.24, 2.45) is 0 Å². The predicted molar refractivity (Wildman–Crippen MR) is 196 cm³/mol. The summed E-state index contributed by atoms with van der Waals surface area (Å²) in [5.41, 5.74) is 10.2. The lowest BCUT2D eigenvalue weighted by molar-refractivity contribution is 0.666. The van der Waals surface area contributed by atoms with Gasteiger partial charge < -0.3 is 13.6 Å². The summed E-state index contributed by atoms with van der Waals surface area (Å²) < 4.78 is 11.4. The first-order chi connectivity index (χ1) is 23.2. The van der Waals surface area contributed by atoms with Crippen molar-refractivity contribution in [3.8, 4) is 23.7 Å². The van der Waals surface area contributed by atoms with Crippen LogP contribution in [0.25, 0.3) is 65.6 Å². The number of hydrogen-bond donors (Lipinski definition) is 0. The minimum Gasteiger partial charge on any atom is -0.453 e. The lowest BCUT2D eigenvalue weighted by atomic mass is 10.1. The van der Waals surface area contributed by atoms with Crippen molar-refractivity contribution in [1.29, 1.82) is 0 Å². The van der Waals surface area contributed by atoms with Gasteiger partial charge in [-0.05, 0) is 50.2 Å². The molecule has 0 radical (unpaired) electrons. The van der Waals surface area contributed by atoms with Crippen LogP contribution in [0.15, 0.2) is 126 Å². The smallest absolute Gasteiger partial charge is 0.151 e. The third-order valence-electron chi connectivity index (χ3n) is 9.40. The Morgan fingerprint density at radius 3 is 1.21 bits per heavy atom. The average Bonchev–Trinajstić information content (AvgIpc) is 3.78. The second-order valence-corrected chi connectivity index (χ2v) is 11.9. The van der Waals surface area contributed by atoms with Gasteiger partial charge in [-0.3, -0.25) is 0 Å². The van der Waals surface area contributed by atoms with Crippen molar-refractivity contribution in [2.75, 3.05) is 0 Å². The lowest BCUT2D eigenvalue weighted by Gasteiger charge is -2.04. The van der Waals surface area contributed by atoms with Crippen molar-refractivity contribution in [3.05, 3.63) is 144 Å². The second-order valence-electron chi connectivity index (χ2n) is 11.9. The van der Waals surface area contributed by atoms with Crippen LogP contribution in [0.3, 0.4) is 0 Å². The summed E-state index contributed by atoms with van der Waals surface area (Å²) in [6.45, 7) is 6.13. The van der Waals surface area contributed by atoms with Crippen molar-refractivity contribution in [1.82, 2.24) is 9.13 Å². The molecule has 3 heteroatoms. The molecule has 3 aromatic heterocycles. The zero-order chi connectivity index (χ0) is 31.5. The Bertz CT molecular complexity index is 2640. The molecule has 3 nitrogen and oxygen atoms in total. The van der Waals surface area contributed by atoms with Gasteiger partial charge in [-0.25, -0.2) is 0 Å². The number of furan rings is 1. The predicted octanol–water partition coefficient (Wildman–Crippen LogP) is 10.6. The minimum atomic E-state index is 0.792. The van der Waals surface area contributed by atoms with E-state index in [1.807, 2.05) is 12.1 Å². The van der Waals surface area contributed by atoms with E-state index in [4.69, 9.17) is 4.42 Å². The van der Waals surface area contributed by atoms with Crippen LogP contribution in [0.4, 0.5) is 0 Å². The fourth-order valence-corrected chi connectivity index (χ4v) is 7.36. The van der Waals surface area contributed by atoms with E-state index in [0.29, 0.717) is 0 Å². The number of benzene rings is 6. The van der Waals surface area contributed by atoms with Crippen LogP contribution in [0, 0.1) is 23.7 Å². The highest BCUT2D eigenvalue weighted by molar-refractivity contribution is 6.11. The molecule has 3 heterocycles. The summed E-state index contributed by atoms with van der Waals surface area (Å²) in [5.74, 6) is 14.0. The molecule has 0 atom stereocenters. The third kappa shape index (κ3) is 4.11. The summed E-state index contributed by atoms with van der Waals surface area (Å²) in [4.78, 5) is 0. The maximum absolute atomic E-state index is 6.64. The highest BCUT2D eigenvalue weighted by Crippen LogP contribution is 2.35. The molecule has 0 unspecified atom stereocenters. The normalized spacial score (nSPS) is 11.4. The summed E-state index contributed by atoms with van der Waals surface area (Å²) >= 11 is 0. The van der Waals surface area contributed by atoms with Crippen molar-refractivity contribution >= 4 is 65.6 Å². The lowest BCUT2D eigenvalue weighted by Crippen LogP contribution is -1.95. The second kappa shape index (κ2) is 10.7. The van der Waals surface area contributed by atoms with Crippen LogP contribution in [0.2, 0.25) is 0 Å². The quantitative estimate of drug-likeness (QED) is 0.181. The Labute approximate surface area is 272 Å². The number of para-hydroxylation sites is 6. The average molecular weight is 603 g/mol. The molecule has 9 aromatic rings. The Morgan fingerprint density at radius 1 is 0.404 bits per heavy atom. The van der Waals surface area contributed by atoms with E-state index in [1.165, 1.54) is 43.6 Å². The van der Waals surface area contributed by atoms with Crippen LogP contribution in [0.1, 0.15) is 36.1 Å². The van der Waals surface area contributed by atoms with E-state index in [0.717, 1.165) is 57.3 Å². The van der Waals surface area contributed by atoms with Gasteiger partial charge in [0, 0.05) is 67.6 Å². The molecule has 0 aliphatic rings. The molecule has 9 rings (SSSR count). The van der Waals surface area contributed by atoms with Gasteiger partial charge >= 0.3 is 0 Å². The Kier molecular flexibility index (Phi) is 6.20. The van der Waals surface area contributed by atoms with E-state index >= 15 is 0 Å². The number of rotatable bonds is 2. The van der Waals surface area contributed by atoms with Gasteiger partial charge in [-0.1, -0.05) is 109 Å². The monoisotopic (exact) mass is 602 g/mol. The summed E-state index contributed by atoms with van der Waals surface area (Å²) in [7, 11) is 0. The number of aromatic nitrogens is 2. The molecule has 0 fully saturated rings. The SMILES string of the molecule is CCn1c2ccccc2c2cccc(C#Cc3cccc4c3oc3c(C#Cc5cccc6c7ccccc7n(CC)c56)cccc34)c21. The van der Waals surface area contributed by atoms with Gasteiger partial charge in [-0.2, -0.15) is 0 Å². The topological polar surface area (TPSA) is 23.0 Å². The van der Waals surface area contributed by atoms with Gasteiger partial charge in [0.1, 0.15) is 0 Å². The van der Waals surface area contributed by atoms with Crippen molar-refractivity contribution < 1.29 is 4.42 Å². The summed E-state index contributed by atoms with van der Waals surface area (Å²) in [6.07, 6.45) is 0. The maximum Gasteiger partial charge on any atom is 0.151 e. The molecular formula is C44H30N2O. The van der Waals surface area contributed by atoms with E-state index in [-0.39, 0.29) is 0 Å². The molecule has 0 saturated heterocycles. The zero-order valence-electron chi connectivity index (χ0n) is 26.3. The Balaban J connectivity index is 1.18. The molecule has 0 aliphatic carbocycles. The van der Waals surface area contributed by atoms with Gasteiger partial charge in [0.15, 0.2) is 11.2 Å². The highest BCUT2D eigenvalue weighted by atomic mass is 16.3. The molecule has 0 bridgehead atoms. The van der Waals surface area contributed by atoms with Crippen LogP contribution in [-0.4, -0.2) is 9.13 Å². The first-order valence-electron chi connectivity index (χ1n) is 16.2. The molecule has 222 valence electrons. The Hall–Kier alpha value is -6.16. The first-order valence-corrected chi connectivity index (χ1v) is 16.2. The Morgan fingerprint density at radius 2 is 0.766 bits per heavy atom. The molecule has 0 amide bonds. The summed E-state index contributed by atoms with van der Waals surface area (Å²) in [5, 5.41) is 7.07. The van der Waals surface area contributed by atoms with E-state index in [1.54, 1.807) is 0 Å². The number of nitrogens with zero attached hydrogens (tertiary/aromatic N) is 2. The van der Waals surface area contributed by atoms with Crippen molar-refractivity contribution in [3.63, 3.8) is 0 Å². The largest absolute Gasteiger partial charge is 0.453 e. The van der Waals surface area contributed by atoms with E-state index in [2.05, 4.69) is 156 Å². The number of hydrogen-bond acceptors (Lipinski definition) is 1. The molecule has 47 heavy (non-hydrogen) atoms. The molecule has 6 aromatic carbocycles. The van der Waals surface area contributed by atoms with Gasteiger partial charge in [0.05, 0.1) is 22.2 Å². The molecule has 0 saturated carbocycles. The number of aryl methyl sites for hydroxylation is 2. The van der Waals surface area contributed by atoms with E-state index < -0.39 is 0 Å². The maximum atomic E-state index is 6.64. The fraction of sp³-hybridized carbons (Fsp3) is 0.0909. The molecule has 0 spiro atoms. The van der Waals surface area contributed by atoms with Gasteiger partial charge in [-0.15, -0.1) is 0 Å².